The van der Waals surface area contributed by atoms with E-state index in [-0.39, 0.29) is 6.10 Å². The topological polar surface area (TPSA) is 37.9 Å². The molecule has 1 heterocycles. The third-order valence-electron chi connectivity index (χ3n) is 2.74. The zero-order chi connectivity index (χ0) is 12.1. The van der Waals surface area contributed by atoms with Crippen LogP contribution in [-0.2, 0) is 11.2 Å². The summed E-state index contributed by atoms with van der Waals surface area (Å²) in [5.41, 5.74) is 2.24. The van der Waals surface area contributed by atoms with Crippen LogP contribution in [-0.4, -0.2) is 17.1 Å². The van der Waals surface area contributed by atoms with E-state index in [0.29, 0.717) is 4.64 Å². The van der Waals surface area contributed by atoms with E-state index in [4.69, 9.17) is 17.0 Å². The maximum absolute atomic E-state index is 5.42. The van der Waals surface area contributed by atoms with Crippen LogP contribution in [0.5, 0.6) is 0 Å². The molecule has 1 aromatic heterocycles. The van der Waals surface area contributed by atoms with Gasteiger partial charge in [0.25, 0.3) is 0 Å². The summed E-state index contributed by atoms with van der Waals surface area (Å²) in [6.07, 6.45) is 2.96. The molecule has 0 fully saturated rings. The van der Waals surface area contributed by atoms with Crippen molar-refractivity contribution in [2.45, 2.75) is 46.1 Å². The Morgan fingerprint density at radius 1 is 1.44 bits per heavy atom. The third-order valence-corrected chi connectivity index (χ3v) is 3.08. The molecule has 1 unspecified atom stereocenters. The van der Waals surface area contributed by atoms with Gasteiger partial charge in [-0.3, -0.25) is 0 Å². The van der Waals surface area contributed by atoms with Gasteiger partial charge in [-0.1, -0.05) is 32.5 Å². The molecule has 0 bridgehead atoms. The lowest BCUT2D eigenvalue weighted by Gasteiger charge is -2.15. The molecule has 0 amide bonds. The van der Waals surface area contributed by atoms with E-state index in [1.807, 2.05) is 6.92 Å². The number of aromatic amines is 1. The van der Waals surface area contributed by atoms with Gasteiger partial charge in [0.1, 0.15) is 16.6 Å². The summed E-state index contributed by atoms with van der Waals surface area (Å²) in [7, 11) is 1.71. The van der Waals surface area contributed by atoms with Crippen LogP contribution in [0.2, 0.25) is 0 Å². The smallest absolute Gasteiger partial charge is 0.137 e. The molecule has 0 aliphatic carbocycles. The van der Waals surface area contributed by atoms with Crippen LogP contribution in [0.25, 0.3) is 0 Å². The zero-order valence-corrected chi connectivity index (χ0v) is 11.3. The van der Waals surface area contributed by atoms with Crippen molar-refractivity contribution < 1.29 is 4.74 Å². The average Bonchev–Trinajstić information content (AvgIpc) is 2.25. The van der Waals surface area contributed by atoms with Crippen LogP contribution in [0.15, 0.2) is 0 Å². The molecule has 0 aromatic carbocycles. The highest BCUT2D eigenvalue weighted by Crippen LogP contribution is 2.20. The van der Waals surface area contributed by atoms with Crippen LogP contribution < -0.4 is 0 Å². The van der Waals surface area contributed by atoms with Gasteiger partial charge in [0.2, 0.25) is 0 Å². The van der Waals surface area contributed by atoms with Gasteiger partial charge in [-0.15, -0.1) is 0 Å². The Bertz CT molecular complexity index is 400. The lowest BCUT2D eigenvalue weighted by molar-refractivity contribution is 0.0873. The summed E-state index contributed by atoms with van der Waals surface area (Å²) >= 11 is 5.29. The van der Waals surface area contributed by atoms with E-state index in [0.717, 1.165) is 36.3 Å². The highest BCUT2D eigenvalue weighted by Gasteiger charge is 2.13. The number of hydrogen-bond donors (Lipinski definition) is 1. The third kappa shape index (κ3) is 2.89. The number of ether oxygens (including phenoxy) is 1. The van der Waals surface area contributed by atoms with Crippen LogP contribution in [0, 0.1) is 11.6 Å². The van der Waals surface area contributed by atoms with Crippen LogP contribution in [0.4, 0.5) is 0 Å². The predicted molar refractivity (Wildman–Crippen MR) is 68.2 cm³/mol. The minimum Gasteiger partial charge on any atom is -0.374 e. The number of H-pyrrole nitrogens is 1. The summed E-state index contributed by atoms with van der Waals surface area (Å²) in [6.45, 7) is 6.26. The highest BCUT2D eigenvalue weighted by atomic mass is 32.1. The van der Waals surface area contributed by atoms with Crippen LogP contribution in [0.1, 0.15) is 49.9 Å². The van der Waals surface area contributed by atoms with Gasteiger partial charge in [0.05, 0.1) is 0 Å². The molecular formula is C12H20N2OS. The van der Waals surface area contributed by atoms with Crippen molar-refractivity contribution >= 4 is 12.2 Å². The van der Waals surface area contributed by atoms with Gasteiger partial charge < -0.3 is 9.72 Å². The zero-order valence-electron chi connectivity index (χ0n) is 10.5. The molecule has 3 nitrogen and oxygen atoms in total. The van der Waals surface area contributed by atoms with Crippen molar-refractivity contribution in [3.05, 3.63) is 21.7 Å². The Kier molecular flexibility index (Phi) is 5.09. The number of methoxy groups -OCH3 is 1. The molecule has 1 aromatic rings. The summed E-state index contributed by atoms with van der Waals surface area (Å²) < 4.78 is 6.12. The molecule has 16 heavy (non-hydrogen) atoms. The van der Waals surface area contributed by atoms with Gasteiger partial charge >= 0.3 is 0 Å². The minimum atomic E-state index is 0.0244. The molecule has 0 radical (unpaired) electrons. The van der Waals surface area contributed by atoms with Crippen molar-refractivity contribution in [1.82, 2.24) is 9.97 Å². The first-order valence-corrected chi connectivity index (χ1v) is 6.17. The molecule has 1 rings (SSSR count). The standard InChI is InChI=1S/C12H20N2OS/c1-5-7-10(15-4)11-13-8(3)9(6-2)12(16)14-11/h10H,5-7H2,1-4H3,(H,13,14,16). The molecule has 1 N–H and O–H groups in total. The van der Waals surface area contributed by atoms with Crippen LogP contribution in [0.3, 0.4) is 0 Å². The Hall–Kier alpha value is -0.740. The Labute approximate surface area is 102 Å². The monoisotopic (exact) mass is 240 g/mol. The van der Waals surface area contributed by atoms with E-state index < -0.39 is 0 Å². The first-order chi connectivity index (χ1) is 7.63. The summed E-state index contributed by atoms with van der Waals surface area (Å²) in [5, 5.41) is 0. The molecule has 0 aliphatic rings. The number of rotatable bonds is 5. The molecule has 0 saturated carbocycles. The summed E-state index contributed by atoms with van der Waals surface area (Å²) in [4.78, 5) is 7.73. The van der Waals surface area contributed by atoms with Crippen LogP contribution >= 0.6 is 12.2 Å². The van der Waals surface area contributed by atoms with Gasteiger partial charge in [0.15, 0.2) is 0 Å². The first kappa shape index (κ1) is 13.3. The van der Waals surface area contributed by atoms with Crippen molar-refractivity contribution in [2.24, 2.45) is 0 Å². The lowest BCUT2D eigenvalue weighted by atomic mass is 10.1. The maximum Gasteiger partial charge on any atom is 0.137 e. The van der Waals surface area contributed by atoms with E-state index in [1.165, 1.54) is 0 Å². The molecule has 0 spiro atoms. The van der Waals surface area contributed by atoms with Crippen molar-refractivity contribution in [2.75, 3.05) is 7.11 Å². The number of hydrogen-bond acceptors (Lipinski definition) is 3. The molecule has 90 valence electrons. The fourth-order valence-corrected chi connectivity index (χ4v) is 2.23. The fourth-order valence-electron chi connectivity index (χ4n) is 1.83. The quantitative estimate of drug-likeness (QED) is 0.800. The number of nitrogens with one attached hydrogen (secondary N) is 1. The molecular weight excluding hydrogens is 220 g/mol. The second-order valence-corrected chi connectivity index (χ2v) is 4.28. The predicted octanol–water partition coefficient (Wildman–Crippen LogP) is 3.50. The van der Waals surface area contributed by atoms with E-state index >= 15 is 0 Å². The first-order valence-electron chi connectivity index (χ1n) is 5.76. The largest absolute Gasteiger partial charge is 0.374 e. The van der Waals surface area contributed by atoms with E-state index in [2.05, 4.69) is 23.8 Å². The fraction of sp³-hybridized carbons (Fsp3) is 0.667. The van der Waals surface area contributed by atoms with Crippen molar-refractivity contribution in [3.63, 3.8) is 0 Å². The van der Waals surface area contributed by atoms with Gasteiger partial charge in [-0.25, -0.2) is 4.98 Å². The second kappa shape index (κ2) is 6.11. The molecule has 1 atom stereocenters. The van der Waals surface area contributed by atoms with E-state index in [9.17, 15) is 0 Å². The van der Waals surface area contributed by atoms with Gasteiger partial charge in [0, 0.05) is 18.4 Å². The summed E-state index contributed by atoms with van der Waals surface area (Å²) in [5.74, 6) is 0.851. The number of nitrogens with zero attached hydrogens (tertiary/aromatic N) is 1. The van der Waals surface area contributed by atoms with Crippen molar-refractivity contribution in [3.8, 4) is 0 Å². The number of aromatic nitrogens is 2. The normalized spacial score (nSPS) is 12.8. The Balaban J connectivity index is 3.11. The summed E-state index contributed by atoms with van der Waals surface area (Å²) in [6, 6.07) is 0. The highest BCUT2D eigenvalue weighted by molar-refractivity contribution is 7.71. The lowest BCUT2D eigenvalue weighted by Crippen LogP contribution is -2.09. The molecule has 0 aliphatic heterocycles. The van der Waals surface area contributed by atoms with Gasteiger partial charge in [-0.2, -0.15) is 0 Å². The minimum absolute atomic E-state index is 0.0244. The van der Waals surface area contributed by atoms with E-state index in [1.54, 1.807) is 7.11 Å². The SMILES string of the molecule is CCCC(OC)c1nc(=S)c(CC)c(C)[nH]1. The second-order valence-electron chi connectivity index (χ2n) is 3.90. The molecule has 0 saturated heterocycles. The molecule has 4 heteroatoms. The van der Waals surface area contributed by atoms with Gasteiger partial charge in [-0.05, 0) is 19.8 Å². The van der Waals surface area contributed by atoms with Crippen molar-refractivity contribution in [1.29, 1.82) is 0 Å². The number of aryl methyl sites for hydroxylation is 1. The Morgan fingerprint density at radius 2 is 2.12 bits per heavy atom. The Morgan fingerprint density at radius 3 is 2.56 bits per heavy atom. The average molecular weight is 240 g/mol. The maximum atomic E-state index is 5.42.